The second kappa shape index (κ2) is 5.14. The number of carbonyl (C=O) groups excluding carboxylic acids is 1. The minimum absolute atomic E-state index is 0.0152. The molecule has 0 saturated heterocycles. The van der Waals surface area contributed by atoms with Gasteiger partial charge in [0.1, 0.15) is 0 Å². The largest absolute Gasteiger partial charge is 0.327 e. The van der Waals surface area contributed by atoms with Crippen molar-refractivity contribution in [2.45, 2.75) is 25.3 Å². The van der Waals surface area contributed by atoms with Crippen molar-refractivity contribution in [3.8, 4) is 0 Å². The van der Waals surface area contributed by atoms with Crippen molar-refractivity contribution in [1.29, 1.82) is 0 Å². The van der Waals surface area contributed by atoms with Crippen molar-refractivity contribution >= 4 is 34.2 Å². The summed E-state index contributed by atoms with van der Waals surface area (Å²) in [5, 5.41) is 2.87. The highest BCUT2D eigenvalue weighted by Crippen LogP contribution is 2.32. The first-order valence-electron chi connectivity index (χ1n) is 5.46. The maximum absolute atomic E-state index is 11.7. The lowest BCUT2D eigenvalue weighted by Crippen LogP contribution is -2.28. The van der Waals surface area contributed by atoms with E-state index in [-0.39, 0.29) is 11.9 Å². The van der Waals surface area contributed by atoms with Crippen molar-refractivity contribution in [2.24, 2.45) is 11.7 Å². The van der Waals surface area contributed by atoms with Crippen LogP contribution in [0, 0.1) is 9.49 Å². The molecule has 16 heavy (non-hydrogen) atoms. The molecule has 2 rings (SSSR count). The van der Waals surface area contributed by atoms with Crippen LogP contribution in [0.25, 0.3) is 0 Å². The molecular formula is C12H15IN2O. The minimum atomic E-state index is 0.0152. The summed E-state index contributed by atoms with van der Waals surface area (Å²) in [4.78, 5) is 11.7. The van der Waals surface area contributed by atoms with Gasteiger partial charge in [0.25, 0.3) is 0 Å². The Morgan fingerprint density at radius 1 is 1.56 bits per heavy atom. The van der Waals surface area contributed by atoms with Crippen LogP contribution in [-0.4, -0.2) is 11.9 Å². The van der Waals surface area contributed by atoms with E-state index in [9.17, 15) is 4.79 Å². The lowest BCUT2D eigenvalue weighted by molar-refractivity contribution is -0.116. The Hall–Kier alpha value is -0.620. The molecule has 1 saturated carbocycles. The van der Waals surface area contributed by atoms with Gasteiger partial charge in [0.15, 0.2) is 0 Å². The molecule has 1 amide bonds. The number of hydrogen-bond acceptors (Lipinski definition) is 2. The number of nitrogens with two attached hydrogens (primary N) is 1. The molecule has 1 unspecified atom stereocenters. The fourth-order valence-electron chi connectivity index (χ4n) is 1.68. The van der Waals surface area contributed by atoms with Crippen molar-refractivity contribution in [3.05, 3.63) is 27.8 Å². The highest BCUT2D eigenvalue weighted by atomic mass is 127. The zero-order valence-electron chi connectivity index (χ0n) is 8.95. The first kappa shape index (κ1) is 11.9. The zero-order chi connectivity index (χ0) is 11.5. The summed E-state index contributed by atoms with van der Waals surface area (Å²) in [6.07, 6.45) is 2.78. The van der Waals surface area contributed by atoms with Gasteiger partial charge < -0.3 is 11.1 Å². The molecule has 0 bridgehead atoms. The van der Waals surface area contributed by atoms with Gasteiger partial charge in [-0.3, -0.25) is 4.79 Å². The monoisotopic (exact) mass is 330 g/mol. The molecular weight excluding hydrogens is 315 g/mol. The molecule has 86 valence electrons. The van der Waals surface area contributed by atoms with E-state index in [1.807, 2.05) is 24.3 Å². The number of rotatable bonds is 4. The van der Waals surface area contributed by atoms with Crippen LogP contribution >= 0.6 is 22.6 Å². The second-order valence-corrected chi connectivity index (χ2v) is 5.51. The Bertz CT molecular complexity index is 390. The average molecular weight is 330 g/mol. The summed E-state index contributed by atoms with van der Waals surface area (Å²) < 4.78 is 1.11. The summed E-state index contributed by atoms with van der Waals surface area (Å²) in [6.45, 7) is 0. The lowest BCUT2D eigenvalue weighted by atomic mass is 10.1. The van der Waals surface area contributed by atoms with Crippen LogP contribution in [0.3, 0.4) is 0 Å². The first-order valence-corrected chi connectivity index (χ1v) is 6.54. The SMILES string of the molecule is NC(CC(=O)Nc1cccc(I)c1)C1CC1. The third kappa shape index (κ3) is 3.45. The Morgan fingerprint density at radius 2 is 2.31 bits per heavy atom. The Morgan fingerprint density at radius 3 is 2.94 bits per heavy atom. The number of carbonyl (C=O) groups is 1. The van der Waals surface area contributed by atoms with Gasteiger partial charge in [-0.25, -0.2) is 0 Å². The van der Waals surface area contributed by atoms with E-state index in [2.05, 4.69) is 27.9 Å². The standard InChI is InChI=1S/C12H15IN2O/c13-9-2-1-3-10(6-9)15-12(16)7-11(14)8-4-5-8/h1-3,6,8,11H,4-5,7,14H2,(H,15,16). The Balaban J connectivity index is 1.86. The van der Waals surface area contributed by atoms with Crippen molar-refractivity contribution in [1.82, 2.24) is 0 Å². The molecule has 1 fully saturated rings. The van der Waals surface area contributed by atoms with E-state index >= 15 is 0 Å². The van der Waals surface area contributed by atoms with Crippen LogP contribution in [0.15, 0.2) is 24.3 Å². The molecule has 0 aromatic heterocycles. The highest BCUT2D eigenvalue weighted by Gasteiger charge is 2.29. The lowest BCUT2D eigenvalue weighted by Gasteiger charge is -2.10. The fraction of sp³-hybridized carbons (Fsp3) is 0.417. The van der Waals surface area contributed by atoms with Gasteiger partial charge >= 0.3 is 0 Å². The minimum Gasteiger partial charge on any atom is -0.327 e. The molecule has 3 nitrogen and oxygen atoms in total. The summed E-state index contributed by atoms with van der Waals surface area (Å²) >= 11 is 2.22. The van der Waals surface area contributed by atoms with E-state index < -0.39 is 0 Å². The molecule has 0 aliphatic heterocycles. The number of nitrogens with one attached hydrogen (secondary N) is 1. The third-order valence-corrected chi connectivity index (χ3v) is 3.43. The third-order valence-electron chi connectivity index (χ3n) is 2.76. The number of anilines is 1. The van der Waals surface area contributed by atoms with Crippen molar-refractivity contribution in [3.63, 3.8) is 0 Å². The molecule has 3 N–H and O–H groups in total. The number of halogens is 1. The smallest absolute Gasteiger partial charge is 0.225 e. The van der Waals surface area contributed by atoms with Crippen LogP contribution in [0.1, 0.15) is 19.3 Å². The van der Waals surface area contributed by atoms with E-state index in [1.54, 1.807) is 0 Å². The topological polar surface area (TPSA) is 55.1 Å². The summed E-state index contributed by atoms with van der Waals surface area (Å²) in [6, 6.07) is 7.79. The summed E-state index contributed by atoms with van der Waals surface area (Å²) in [5.74, 6) is 0.586. The molecule has 1 aliphatic carbocycles. The maximum atomic E-state index is 11.7. The van der Waals surface area contributed by atoms with Gasteiger partial charge in [-0.05, 0) is 59.5 Å². The summed E-state index contributed by atoms with van der Waals surface area (Å²) in [5.41, 5.74) is 6.75. The van der Waals surface area contributed by atoms with Gasteiger partial charge in [-0.1, -0.05) is 6.07 Å². The molecule has 0 radical (unpaired) electrons. The number of benzene rings is 1. The van der Waals surface area contributed by atoms with Crippen LogP contribution in [0.4, 0.5) is 5.69 Å². The van der Waals surface area contributed by atoms with E-state index in [0.29, 0.717) is 12.3 Å². The van der Waals surface area contributed by atoms with E-state index in [1.165, 1.54) is 12.8 Å². The van der Waals surface area contributed by atoms with E-state index in [4.69, 9.17) is 5.73 Å². The first-order chi connectivity index (χ1) is 7.65. The molecule has 0 heterocycles. The number of amides is 1. The normalized spacial score (nSPS) is 16.9. The summed E-state index contributed by atoms with van der Waals surface area (Å²) in [7, 11) is 0. The molecule has 4 heteroatoms. The van der Waals surface area contributed by atoms with E-state index in [0.717, 1.165) is 9.26 Å². The van der Waals surface area contributed by atoms with Crippen molar-refractivity contribution < 1.29 is 4.79 Å². The van der Waals surface area contributed by atoms with Crippen LogP contribution in [0.5, 0.6) is 0 Å². The second-order valence-electron chi connectivity index (χ2n) is 4.26. The van der Waals surface area contributed by atoms with Gasteiger partial charge in [0.05, 0.1) is 0 Å². The quantitative estimate of drug-likeness (QED) is 0.833. The van der Waals surface area contributed by atoms with Crippen LogP contribution < -0.4 is 11.1 Å². The van der Waals surface area contributed by atoms with Gasteiger partial charge in [-0.2, -0.15) is 0 Å². The zero-order valence-corrected chi connectivity index (χ0v) is 11.1. The van der Waals surface area contributed by atoms with Gasteiger partial charge in [0.2, 0.25) is 5.91 Å². The average Bonchev–Trinajstić information content (AvgIpc) is 2.99. The predicted octanol–water partition coefficient (Wildman–Crippen LogP) is 2.36. The number of hydrogen-bond donors (Lipinski definition) is 2. The Kier molecular flexibility index (Phi) is 3.81. The van der Waals surface area contributed by atoms with Gasteiger partial charge in [0, 0.05) is 21.7 Å². The highest BCUT2D eigenvalue weighted by molar-refractivity contribution is 14.1. The molecule has 1 aromatic carbocycles. The molecule has 1 atom stereocenters. The molecule has 1 aliphatic rings. The molecule has 0 spiro atoms. The van der Waals surface area contributed by atoms with Crippen LogP contribution in [0.2, 0.25) is 0 Å². The van der Waals surface area contributed by atoms with Crippen molar-refractivity contribution in [2.75, 3.05) is 5.32 Å². The van der Waals surface area contributed by atoms with Gasteiger partial charge in [-0.15, -0.1) is 0 Å². The fourth-order valence-corrected chi connectivity index (χ4v) is 2.23. The Labute approximate surface area is 109 Å². The predicted molar refractivity (Wildman–Crippen MR) is 73.1 cm³/mol. The van der Waals surface area contributed by atoms with Crippen LogP contribution in [-0.2, 0) is 4.79 Å². The maximum Gasteiger partial charge on any atom is 0.225 e. The molecule has 1 aromatic rings.